The van der Waals surface area contributed by atoms with Crippen LogP contribution in [0.5, 0.6) is 0 Å². The van der Waals surface area contributed by atoms with Crippen molar-refractivity contribution < 1.29 is 24.3 Å². The summed E-state index contributed by atoms with van der Waals surface area (Å²) in [5.41, 5.74) is 11.6. The summed E-state index contributed by atoms with van der Waals surface area (Å²) in [5, 5.41) is 12.0. The maximum atomic E-state index is 13.5. The highest BCUT2D eigenvalue weighted by atomic mass is 16.4. The van der Waals surface area contributed by atoms with Gasteiger partial charge < -0.3 is 31.7 Å². The smallest absolute Gasteiger partial charge is 0.303 e. The van der Waals surface area contributed by atoms with Crippen LogP contribution in [-0.4, -0.2) is 82.3 Å². The van der Waals surface area contributed by atoms with E-state index >= 15 is 0 Å². The Morgan fingerprint density at radius 2 is 1.86 bits per heavy atom. The van der Waals surface area contributed by atoms with Gasteiger partial charge in [0.1, 0.15) is 12.1 Å². The average molecular weight is 487 g/mol. The molecule has 0 radical (unpaired) electrons. The number of hydrogen-bond donors (Lipinski definition) is 4. The van der Waals surface area contributed by atoms with Crippen LogP contribution in [-0.2, 0) is 25.6 Å². The molecule has 11 nitrogen and oxygen atoms in total. The van der Waals surface area contributed by atoms with Gasteiger partial charge in [0.25, 0.3) is 0 Å². The number of guanidine groups is 1. The summed E-state index contributed by atoms with van der Waals surface area (Å²) in [7, 11) is 0. The number of carboxylic acids is 1. The number of carbonyl (C=O) groups is 4. The molecule has 2 saturated heterocycles. The summed E-state index contributed by atoms with van der Waals surface area (Å²) < 4.78 is 0. The van der Waals surface area contributed by atoms with Crippen LogP contribution in [0.25, 0.3) is 0 Å². The SMILES string of the molecule is NC(N)=NCCCNC(=O)C1CC[C@H]2CN(C(=O)CCc3ccccc3)C(CCC(=O)O)C(=O)N12. The number of rotatable bonds is 11. The fourth-order valence-corrected chi connectivity index (χ4v) is 4.78. The molecule has 1 aromatic carbocycles. The highest BCUT2D eigenvalue weighted by molar-refractivity contribution is 5.94. The van der Waals surface area contributed by atoms with Crippen LogP contribution < -0.4 is 16.8 Å². The van der Waals surface area contributed by atoms with E-state index in [0.717, 1.165) is 5.56 Å². The minimum atomic E-state index is -1.03. The number of aryl methyl sites for hydroxylation is 1. The van der Waals surface area contributed by atoms with Crippen molar-refractivity contribution in [3.63, 3.8) is 0 Å². The Balaban J connectivity index is 1.66. The average Bonchev–Trinajstić information content (AvgIpc) is 3.26. The quantitative estimate of drug-likeness (QED) is 0.191. The number of benzene rings is 1. The van der Waals surface area contributed by atoms with Crippen LogP contribution in [0.2, 0.25) is 0 Å². The molecule has 0 bridgehead atoms. The first-order valence-electron chi connectivity index (χ1n) is 12.0. The Morgan fingerprint density at radius 1 is 1.11 bits per heavy atom. The fraction of sp³-hybridized carbons (Fsp3) is 0.542. The number of fused-ring (bicyclic) bond motifs is 1. The summed E-state index contributed by atoms with van der Waals surface area (Å²) in [6.07, 6.45) is 2.20. The van der Waals surface area contributed by atoms with E-state index in [2.05, 4.69) is 10.3 Å². The maximum Gasteiger partial charge on any atom is 0.303 e. The standard InChI is InChI=1S/C24H34N6O5/c25-24(26)28-14-4-13-27-22(34)18-9-8-17-15-29(19(10-12-21(32)33)23(35)30(17)18)20(31)11-7-16-5-2-1-3-6-16/h1-3,5-6,17-19H,4,7-15H2,(H,27,34)(H,32,33)(H4,25,26,28)/t17-,18?,19?/m0/s1. The van der Waals surface area contributed by atoms with Crippen LogP contribution >= 0.6 is 0 Å². The van der Waals surface area contributed by atoms with Crippen LogP contribution in [0, 0.1) is 0 Å². The largest absolute Gasteiger partial charge is 0.481 e. The number of amides is 3. The van der Waals surface area contributed by atoms with E-state index in [4.69, 9.17) is 11.5 Å². The number of hydrogen-bond acceptors (Lipinski definition) is 5. The molecule has 2 unspecified atom stereocenters. The van der Waals surface area contributed by atoms with Crippen molar-refractivity contribution >= 4 is 29.7 Å². The van der Waals surface area contributed by atoms with Gasteiger partial charge in [-0.25, -0.2) is 0 Å². The second-order valence-corrected chi connectivity index (χ2v) is 8.92. The number of carbonyl (C=O) groups excluding carboxylic acids is 3. The molecule has 1 aromatic rings. The number of nitrogens with two attached hydrogens (primary N) is 2. The lowest BCUT2D eigenvalue weighted by Gasteiger charge is -2.44. The Bertz CT molecular complexity index is 949. The van der Waals surface area contributed by atoms with Gasteiger partial charge in [-0.1, -0.05) is 30.3 Å². The molecule has 2 fully saturated rings. The van der Waals surface area contributed by atoms with Crippen molar-refractivity contribution in [3.8, 4) is 0 Å². The third-order valence-electron chi connectivity index (χ3n) is 6.48. The highest BCUT2D eigenvalue weighted by Crippen LogP contribution is 2.32. The molecule has 6 N–H and O–H groups in total. The third kappa shape index (κ3) is 6.93. The number of aliphatic carboxylic acids is 1. The molecule has 3 amide bonds. The Hall–Kier alpha value is -3.63. The van der Waals surface area contributed by atoms with E-state index < -0.39 is 18.1 Å². The van der Waals surface area contributed by atoms with Crippen molar-refractivity contribution in [2.45, 2.75) is 63.1 Å². The molecule has 3 rings (SSSR count). The molecule has 0 aromatic heterocycles. The topological polar surface area (TPSA) is 171 Å². The molecule has 2 aliphatic rings. The summed E-state index contributed by atoms with van der Waals surface area (Å²) in [6, 6.07) is 7.81. The number of piperazine rings is 1. The lowest BCUT2D eigenvalue weighted by atomic mass is 10.00. The Morgan fingerprint density at radius 3 is 2.54 bits per heavy atom. The van der Waals surface area contributed by atoms with Crippen LogP contribution in [0.15, 0.2) is 35.3 Å². The van der Waals surface area contributed by atoms with Gasteiger partial charge in [-0.3, -0.25) is 24.2 Å². The zero-order valence-electron chi connectivity index (χ0n) is 19.8. The van der Waals surface area contributed by atoms with Crippen LogP contribution in [0.4, 0.5) is 0 Å². The summed E-state index contributed by atoms with van der Waals surface area (Å²) >= 11 is 0. The van der Waals surface area contributed by atoms with Gasteiger partial charge in [0, 0.05) is 32.5 Å². The van der Waals surface area contributed by atoms with Crippen LogP contribution in [0.1, 0.15) is 44.1 Å². The Labute approximate surface area is 204 Å². The molecular weight excluding hydrogens is 452 g/mol. The highest BCUT2D eigenvalue weighted by Gasteiger charge is 2.49. The van der Waals surface area contributed by atoms with Crippen molar-refractivity contribution in [3.05, 3.63) is 35.9 Å². The molecule has 0 spiro atoms. The van der Waals surface area contributed by atoms with Crippen molar-refractivity contribution in [2.24, 2.45) is 16.5 Å². The van der Waals surface area contributed by atoms with E-state index in [1.54, 1.807) is 4.90 Å². The van der Waals surface area contributed by atoms with Crippen LogP contribution in [0.3, 0.4) is 0 Å². The molecule has 0 aliphatic carbocycles. The molecule has 3 atom stereocenters. The van der Waals surface area contributed by atoms with Gasteiger partial charge in [-0.2, -0.15) is 0 Å². The second-order valence-electron chi connectivity index (χ2n) is 8.92. The predicted octanol–water partition coefficient (Wildman–Crippen LogP) is -0.166. The first kappa shape index (κ1) is 26.0. The van der Waals surface area contributed by atoms with Gasteiger partial charge in [0.15, 0.2) is 5.96 Å². The van der Waals surface area contributed by atoms with E-state index in [0.29, 0.717) is 45.3 Å². The molecule has 190 valence electrons. The minimum absolute atomic E-state index is 0.0100. The number of aliphatic imine (C=N–C) groups is 1. The minimum Gasteiger partial charge on any atom is -0.481 e. The van der Waals surface area contributed by atoms with Gasteiger partial charge >= 0.3 is 5.97 Å². The zero-order chi connectivity index (χ0) is 25.4. The summed E-state index contributed by atoms with van der Waals surface area (Å²) in [5.74, 6) is -1.83. The second kappa shape index (κ2) is 12.2. The van der Waals surface area contributed by atoms with E-state index in [1.807, 2.05) is 30.3 Å². The molecule has 35 heavy (non-hydrogen) atoms. The van der Waals surface area contributed by atoms with E-state index in [9.17, 15) is 24.3 Å². The van der Waals surface area contributed by atoms with Gasteiger partial charge in [-0.05, 0) is 37.7 Å². The maximum absolute atomic E-state index is 13.5. The van der Waals surface area contributed by atoms with E-state index in [-0.39, 0.29) is 49.0 Å². The van der Waals surface area contributed by atoms with E-state index in [1.165, 1.54) is 4.90 Å². The van der Waals surface area contributed by atoms with Crippen molar-refractivity contribution in [1.29, 1.82) is 0 Å². The fourth-order valence-electron chi connectivity index (χ4n) is 4.78. The van der Waals surface area contributed by atoms with Crippen molar-refractivity contribution in [2.75, 3.05) is 19.6 Å². The first-order chi connectivity index (χ1) is 16.8. The van der Waals surface area contributed by atoms with Gasteiger partial charge in [0.05, 0.1) is 6.04 Å². The lowest BCUT2D eigenvalue weighted by molar-refractivity contribution is -0.158. The van der Waals surface area contributed by atoms with Gasteiger partial charge in [-0.15, -0.1) is 0 Å². The number of nitrogens with zero attached hydrogens (tertiary/aromatic N) is 3. The predicted molar refractivity (Wildman–Crippen MR) is 129 cm³/mol. The molecular formula is C24H34N6O5. The molecule has 2 heterocycles. The normalized spacial score (nSPS) is 21.4. The Kier molecular flexibility index (Phi) is 9.04. The third-order valence-corrected chi connectivity index (χ3v) is 6.48. The van der Waals surface area contributed by atoms with Gasteiger partial charge in [0.2, 0.25) is 17.7 Å². The molecule has 0 saturated carbocycles. The van der Waals surface area contributed by atoms with Crippen molar-refractivity contribution in [1.82, 2.24) is 15.1 Å². The number of carboxylic acid groups (broad SMARTS) is 1. The monoisotopic (exact) mass is 486 g/mol. The lowest BCUT2D eigenvalue weighted by Crippen LogP contribution is -2.64. The zero-order valence-corrected chi connectivity index (χ0v) is 19.8. The summed E-state index contributed by atoms with van der Waals surface area (Å²) in [4.78, 5) is 57.6. The summed E-state index contributed by atoms with van der Waals surface area (Å²) in [6.45, 7) is 1.05. The number of nitrogens with one attached hydrogen (secondary N) is 1. The molecule has 11 heteroatoms. The molecule has 2 aliphatic heterocycles. The first-order valence-corrected chi connectivity index (χ1v) is 12.0.